The first kappa shape index (κ1) is 12.4. The first-order chi connectivity index (χ1) is 7.22. The number of benzene rings is 1. The lowest BCUT2D eigenvalue weighted by molar-refractivity contribution is -0.116. The number of amides is 1. The van der Waals surface area contributed by atoms with Crippen molar-refractivity contribution in [3.05, 3.63) is 27.8 Å². The van der Waals surface area contributed by atoms with Crippen molar-refractivity contribution in [1.82, 2.24) is 5.32 Å². The van der Waals surface area contributed by atoms with Crippen molar-refractivity contribution in [1.29, 1.82) is 0 Å². The van der Waals surface area contributed by atoms with Crippen LogP contribution in [0.5, 0.6) is 0 Å². The Morgan fingerprint density at radius 1 is 1.47 bits per heavy atom. The third-order valence-corrected chi connectivity index (χ3v) is 2.61. The highest BCUT2D eigenvalue weighted by atomic mass is 127. The van der Waals surface area contributed by atoms with E-state index in [0.29, 0.717) is 6.42 Å². The molecule has 0 spiro atoms. The molecule has 0 atom stereocenters. The molecule has 0 bridgehead atoms. The van der Waals surface area contributed by atoms with Gasteiger partial charge in [-0.1, -0.05) is 6.07 Å². The van der Waals surface area contributed by atoms with Crippen molar-refractivity contribution >= 4 is 34.2 Å². The highest BCUT2D eigenvalue weighted by molar-refractivity contribution is 14.1. The number of hydrogen-bond acceptors (Lipinski definition) is 2. The molecule has 2 N–H and O–H groups in total. The second-order valence-corrected chi connectivity index (χ2v) is 4.51. The first-order valence-corrected chi connectivity index (χ1v) is 6.00. The zero-order valence-electron chi connectivity index (χ0n) is 8.72. The van der Waals surface area contributed by atoms with Gasteiger partial charge in [0.15, 0.2) is 0 Å². The average molecular weight is 318 g/mol. The molecule has 0 saturated heterocycles. The minimum atomic E-state index is 0.0762. The van der Waals surface area contributed by atoms with Gasteiger partial charge < -0.3 is 10.6 Å². The maximum atomic E-state index is 11.5. The molecule has 0 heterocycles. The van der Waals surface area contributed by atoms with Crippen LogP contribution in [0.15, 0.2) is 24.3 Å². The Morgan fingerprint density at radius 3 is 2.93 bits per heavy atom. The molecule has 0 fully saturated rings. The van der Waals surface area contributed by atoms with Crippen LogP contribution in [0.1, 0.15) is 12.8 Å². The van der Waals surface area contributed by atoms with Crippen LogP contribution in [0.25, 0.3) is 0 Å². The summed E-state index contributed by atoms with van der Waals surface area (Å²) < 4.78 is 1.13. The maximum Gasteiger partial charge on any atom is 0.224 e. The second-order valence-electron chi connectivity index (χ2n) is 3.27. The summed E-state index contributed by atoms with van der Waals surface area (Å²) in [4.78, 5) is 11.5. The lowest BCUT2D eigenvalue weighted by Gasteiger charge is -2.05. The first-order valence-electron chi connectivity index (χ1n) is 4.92. The van der Waals surface area contributed by atoms with Crippen LogP contribution in [-0.2, 0) is 4.79 Å². The summed E-state index contributed by atoms with van der Waals surface area (Å²) in [6.07, 6.45) is 1.43. The zero-order chi connectivity index (χ0) is 11.1. The van der Waals surface area contributed by atoms with Crippen LogP contribution in [0.2, 0.25) is 0 Å². The number of anilines is 1. The van der Waals surface area contributed by atoms with E-state index in [1.165, 1.54) is 0 Å². The van der Waals surface area contributed by atoms with Gasteiger partial charge in [0.25, 0.3) is 0 Å². The molecule has 0 radical (unpaired) electrons. The van der Waals surface area contributed by atoms with E-state index in [2.05, 4.69) is 33.2 Å². The molecule has 0 aliphatic rings. The van der Waals surface area contributed by atoms with E-state index in [0.717, 1.165) is 22.2 Å². The van der Waals surface area contributed by atoms with Crippen LogP contribution in [0.3, 0.4) is 0 Å². The van der Waals surface area contributed by atoms with E-state index in [1.807, 2.05) is 31.3 Å². The Balaban J connectivity index is 2.37. The fourth-order valence-electron chi connectivity index (χ4n) is 1.22. The van der Waals surface area contributed by atoms with Gasteiger partial charge in [0.2, 0.25) is 5.91 Å². The van der Waals surface area contributed by atoms with Gasteiger partial charge in [-0.05, 0) is 60.8 Å². The topological polar surface area (TPSA) is 41.1 Å². The summed E-state index contributed by atoms with van der Waals surface area (Å²) in [7, 11) is 1.89. The number of halogens is 1. The van der Waals surface area contributed by atoms with E-state index >= 15 is 0 Å². The third-order valence-electron chi connectivity index (χ3n) is 1.94. The predicted octanol–water partition coefficient (Wildman–Crippen LogP) is 2.23. The highest BCUT2D eigenvalue weighted by Gasteiger charge is 2.01. The van der Waals surface area contributed by atoms with Gasteiger partial charge >= 0.3 is 0 Å². The third kappa shape index (κ3) is 5.13. The van der Waals surface area contributed by atoms with Gasteiger partial charge in [-0.3, -0.25) is 4.79 Å². The number of rotatable bonds is 5. The van der Waals surface area contributed by atoms with E-state index in [4.69, 9.17) is 0 Å². The molecule has 1 aromatic carbocycles. The lowest BCUT2D eigenvalue weighted by atomic mass is 10.2. The summed E-state index contributed by atoms with van der Waals surface area (Å²) in [6, 6.07) is 7.79. The van der Waals surface area contributed by atoms with Crippen molar-refractivity contribution in [2.45, 2.75) is 12.8 Å². The van der Waals surface area contributed by atoms with Crippen LogP contribution in [0.4, 0.5) is 5.69 Å². The number of hydrogen-bond donors (Lipinski definition) is 2. The Bertz CT molecular complexity index is 328. The summed E-state index contributed by atoms with van der Waals surface area (Å²) in [6.45, 7) is 0.875. The summed E-state index contributed by atoms with van der Waals surface area (Å²) in [5.74, 6) is 0.0762. The molecule has 0 saturated carbocycles. The SMILES string of the molecule is CNCCCC(=O)Nc1cccc(I)c1. The number of carbonyl (C=O) groups excluding carboxylic acids is 1. The molecule has 82 valence electrons. The minimum Gasteiger partial charge on any atom is -0.326 e. The van der Waals surface area contributed by atoms with Crippen molar-refractivity contribution < 1.29 is 4.79 Å². The molecule has 1 rings (SSSR count). The molecule has 4 heteroatoms. The molecule has 0 aromatic heterocycles. The standard InChI is InChI=1S/C11H15IN2O/c1-13-7-3-6-11(15)14-10-5-2-4-9(12)8-10/h2,4-5,8,13H,3,6-7H2,1H3,(H,14,15). The number of nitrogens with one attached hydrogen (secondary N) is 2. The largest absolute Gasteiger partial charge is 0.326 e. The second kappa shape index (κ2) is 6.79. The average Bonchev–Trinajstić information content (AvgIpc) is 2.18. The van der Waals surface area contributed by atoms with E-state index in [-0.39, 0.29) is 5.91 Å². The van der Waals surface area contributed by atoms with Crippen molar-refractivity contribution in [2.75, 3.05) is 18.9 Å². The Hall–Kier alpha value is -0.620. The molecule has 3 nitrogen and oxygen atoms in total. The predicted molar refractivity (Wildman–Crippen MR) is 70.9 cm³/mol. The molecule has 15 heavy (non-hydrogen) atoms. The van der Waals surface area contributed by atoms with Gasteiger partial charge in [0.05, 0.1) is 0 Å². The summed E-state index contributed by atoms with van der Waals surface area (Å²) in [5.41, 5.74) is 0.872. The fraction of sp³-hybridized carbons (Fsp3) is 0.364. The monoisotopic (exact) mass is 318 g/mol. The molecular formula is C11H15IN2O. The quantitative estimate of drug-likeness (QED) is 0.646. The minimum absolute atomic E-state index is 0.0762. The van der Waals surface area contributed by atoms with Gasteiger partial charge in [-0.25, -0.2) is 0 Å². The normalized spacial score (nSPS) is 10.0. The molecule has 1 amide bonds. The Kier molecular flexibility index (Phi) is 5.63. The van der Waals surface area contributed by atoms with Crippen molar-refractivity contribution in [3.63, 3.8) is 0 Å². The van der Waals surface area contributed by atoms with Gasteiger partial charge in [-0.2, -0.15) is 0 Å². The molecule has 0 unspecified atom stereocenters. The Morgan fingerprint density at radius 2 is 2.27 bits per heavy atom. The lowest BCUT2D eigenvalue weighted by Crippen LogP contribution is -2.15. The van der Waals surface area contributed by atoms with E-state index < -0.39 is 0 Å². The van der Waals surface area contributed by atoms with Gasteiger partial charge in [0, 0.05) is 15.7 Å². The molecular weight excluding hydrogens is 303 g/mol. The summed E-state index contributed by atoms with van der Waals surface area (Å²) >= 11 is 2.23. The van der Waals surface area contributed by atoms with Crippen LogP contribution in [0, 0.1) is 3.57 Å². The summed E-state index contributed by atoms with van der Waals surface area (Å²) in [5, 5.41) is 5.88. The van der Waals surface area contributed by atoms with Gasteiger partial charge in [0.1, 0.15) is 0 Å². The molecule has 0 aliphatic heterocycles. The van der Waals surface area contributed by atoms with Gasteiger partial charge in [-0.15, -0.1) is 0 Å². The molecule has 1 aromatic rings. The van der Waals surface area contributed by atoms with E-state index in [9.17, 15) is 4.79 Å². The Labute approximate surface area is 104 Å². The van der Waals surface area contributed by atoms with Crippen LogP contribution in [-0.4, -0.2) is 19.5 Å². The number of carbonyl (C=O) groups is 1. The zero-order valence-corrected chi connectivity index (χ0v) is 10.9. The van der Waals surface area contributed by atoms with E-state index in [1.54, 1.807) is 0 Å². The van der Waals surface area contributed by atoms with Crippen LogP contribution >= 0.6 is 22.6 Å². The maximum absolute atomic E-state index is 11.5. The van der Waals surface area contributed by atoms with Crippen LogP contribution < -0.4 is 10.6 Å². The molecule has 0 aliphatic carbocycles. The van der Waals surface area contributed by atoms with Crippen molar-refractivity contribution in [3.8, 4) is 0 Å². The fourth-order valence-corrected chi connectivity index (χ4v) is 1.76. The van der Waals surface area contributed by atoms with Crippen molar-refractivity contribution in [2.24, 2.45) is 0 Å². The highest BCUT2D eigenvalue weighted by Crippen LogP contribution is 2.12. The smallest absolute Gasteiger partial charge is 0.224 e.